The summed E-state index contributed by atoms with van der Waals surface area (Å²) < 4.78 is 5.48. The highest BCUT2D eigenvalue weighted by Crippen LogP contribution is 2.30. The van der Waals surface area contributed by atoms with Crippen LogP contribution in [-0.4, -0.2) is 37.2 Å². The lowest BCUT2D eigenvalue weighted by molar-refractivity contribution is -0.120. The summed E-state index contributed by atoms with van der Waals surface area (Å²) >= 11 is 0. The van der Waals surface area contributed by atoms with Crippen molar-refractivity contribution in [1.82, 2.24) is 4.98 Å². The third-order valence-corrected chi connectivity index (χ3v) is 5.27. The Morgan fingerprint density at radius 1 is 1.12 bits per heavy atom. The average molecular weight is 339 g/mol. The largest absolute Gasteiger partial charge is 0.378 e. The fourth-order valence-electron chi connectivity index (χ4n) is 3.88. The van der Waals surface area contributed by atoms with Crippen molar-refractivity contribution in [3.8, 4) is 0 Å². The molecule has 0 unspecified atom stereocenters. The third kappa shape index (κ3) is 3.61. The highest BCUT2D eigenvalue weighted by molar-refractivity contribution is 5.97. The maximum atomic E-state index is 12.6. The van der Waals surface area contributed by atoms with Gasteiger partial charge < -0.3 is 15.0 Å². The summed E-state index contributed by atoms with van der Waals surface area (Å²) in [7, 11) is 0. The van der Waals surface area contributed by atoms with Crippen molar-refractivity contribution >= 4 is 28.3 Å². The van der Waals surface area contributed by atoms with Crippen molar-refractivity contribution in [1.29, 1.82) is 0 Å². The van der Waals surface area contributed by atoms with Gasteiger partial charge in [-0.15, -0.1) is 0 Å². The molecule has 5 heteroatoms. The van der Waals surface area contributed by atoms with E-state index >= 15 is 0 Å². The second kappa shape index (κ2) is 7.40. The number of amides is 1. The SMILES string of the molecule is O=C(Nc1cc(N2CCOCC2)c2ccccc2n1)C1CCCCC1. The number of nitrogens with one attached hydrogen (secondary N) is 1. The van der Waals surface area contributed by atoms with Crippen LogP contribution in [0.15, 0.2) is 30.3 Å². The van der Waals surface area contributed by atoms with Gasteiger partial charge in [0.05, 0.1) is 18.7 Å². The van der Waals surface area contributed by atoms with Crippen LogP contribution in [0.3, 0.4) is 0 Å². The van der Waals surface area contributed by atoms with Crippen LogP contribution in [0.1, 0.15) is 32.1 Å². The van der Waals surface area contributed by atoms with Gasteiger partial charge in [0.15, 0.2) is 0 Å². The molecular weight excluding hydrogens is 314 g/mol. The number of rotatable bonds is 3. The van der Waals surface area contributed by atoms with Crippen LogP contribution in [-0.2, 0) is 9.53 Å². The van der Waals surface area contributed by atoms with Gasteiger partial charge in [0.25, 0.3) is 0 Å². The number of para-hydroxylation sites is 1. The first-order valence-corrected chi connectivity index (χ1v) is 9.34. The van der Waals surface area contributed by atoms with Crippen molar-refractivity contribution in [2.24, 2.45) is 5.92 Å². The molecule has 1 aromatic heterocycles. The van der Waals surface area contributed by atoms with E-state index in [9.17, 15) is 4.79 Å². The Hall–Kier alpha value is -2.14. The standard InChI is InChI=1S/C20H25N3O2/c24-20(15-6-2-1-3-7-15)22-19-14-18(23-10-12-25-13-11-23)16-8-4-5-9-17(16)21-19/h4-5,8-9,14-15H,1-3,6-7,10-13H2,(H,21,22,24). The first-order chi connectivity index (χ1) is 12.3. The highest BCUT2D eigenvalue weighted by Gasteiger charge is 2.22. The Kier molecular flexibility index (Phi) is 4.83. The maximum absolute atomic E-state index is 12.6. The number of fused-ring (bicyclic) bond motifs is 1. The zero-order chi connectivity index (χ0) is 17.1. The predicted octanol–water partition coefficient (Wildman–Crippen LogP) is 3.59. The monoisotopic (exact) mass is 339 g/mol. The van der Waals surface area contributed by atoms with Gasteiger partial charge in [-0.2, -0.15) is 0 Å². The van der Waals surface area contributed by atoms with E-state index in [0.29, 0.717) is 5.82 Å². The number of hydrogen-bond acceptors (Lipinski definition) is 4. The van der Waals surface area contributed by atoms with Gasteiger partial charge in [0.2, 0.25) is 5.91 Å². The van der Waals surface area contributed by atoms with Gasteiger partial charge in [-0.1, -0.05) is 37.5 Å². The molecule has 132 valence electrons. The molecule has 4 rings (SSSR count). The molecule has 2 fully saturated rings. The molecule has 0 atom stereocenters. The van der Waals surface area contributed by atoms with Gasteiger partial charge in [0.1, 0.15) is 5.82 Å². The number of pyridine rings is 1. The van der Waals surface area contributed by atoms with Crippen molar-refractivity contribution < 1.29 is 9.53 Å². The van der Waals surface area contributed by atoms with Crippen molar-refractivity contribution in [3.63, 3.8) is 0 Å². The van der Waals surface area contributed by atoms with E-state index in [2.05, 4.69) is 21.3 Å². The van der Waals surface area contributed by atoms with E-state index in [-0.39, 0.29) is 11.8 Å². The summed E-state index contributed by atoms with van der Waals surface area (Å²) in [5.74, 6) is 0.917. The molecule has 2 aromatic rings. The lowest BCUT2D eigenvalue weighted by Crippen LogP contribution is -2.36. The number of ether oxygens (including phenoxy) is 1. The number of benzene rings is 1. The van der Waals surface area contributed by atoms with Crippen LogP contribution < -0.4 is 10.2 Å². The van der Waals surface area contributed by atoms with Gasteiger partial charge >= 0.3 is 0 Å². The molecule has 2 aliphatic rings. The molecule has 1 N–H and O–H groups in total. The van der Waals surface area contributed by atoms with Crippen LogP contribution in [0.2, 0.25) is 0 Å². The molecule has 0 radical (unpaired) electrons. The molecule has 5 nitrogen and oxygen atoms in total. The van der Waals surface area contributed by atoms with E-state index in [1.807, 2.05) is 24.3 Å². The summed E-state index contributed by atoms with van der Waals surface area (Å²) in [6, 6.07) is 10.2. The number of morpholine rings is 1. The topological polar surface area (TPSA) is 54.5 Å². The summed E-state index contributed by atoms with van der Waals surface area (Å²) in [5.41, 5.74) is 2.05. The van der Waals surface area contributed by atoms with Gasteiger partial charge in [-0.05, 0) is 18.9 Å². The lowest BCUT2D eigenvalue weighted by Gasteiger charge is -2.30. The summed E-state index contributed by atoms with van der Waals surface area (Å²) in [5, 5.41) is 4.20. The molecular formula is C20H25N3O2. The second-order valence-electron chi connectivity index (χ2n) is 6.97. The quantitative estimate of drug-likeness (QED) is 0.928. The van der Waals surface area contributed by atoms with Crippen LogP contribution in [0, 0.1) is 5.92 Å². The van der Waals surface area contributed by atoms with Crippen LogP contribution >= 0.6 is 0 Å². The molecule has 2 heterocycles. The number of carbonyl (C=O) groups is 1. The summed E-state index contributed by atoms with van der Waals surface area (Å²) in [6.07, 6.45) is 5.55. The lowest BCUT2D eigenvalue weighted by atomic mass is 9.89. The molecule has 1 saturated heterocycles. The number of aromatic nitrogens is 1. The van der Waals surface area contributed by atoms with E-state index in [0.717, 1.165) is 68.6 Å². The van der Waals surface area contributed by atoms with Gasteiger partial charge in [0, 0.05) is 36.1 Å². The van der Waals surface area contributed by atoms with Gasteiger partial charge in [-0.25, -0.2) is 4.98 Å². The number of carbonyl (C=O) groups excluding carboxylic acids is 1. The summed E-state index contributed by atoms with van der Waals surface area (Å²) in [4.78, 5) is 19.6. The minimum absolute atomic E-state index is 0.121. The second-order valence-corrected chi connectivity index (χ2v) is 6.97. The smallest absolute Gasteiger partial charge is 0.228 e. The minimum Gasteiger partial charge on any atom is -0.378 e. The van der Waals surface area contributed by atoms with E-state index in [1.54, 1.807) is 0 Å². The normalized spacial score (nSPS) is 19.1. The fourth-order valence-corrected chi connectivity index (χ4v) is 3.88. The molecule has 1 aliphatic carbocycles. The Morgan fingerprint density at radius 2 is 1.88 bits per heavy atom. The molecule has 1 amide bonds. The fraction of sp³-hybridized carbons (Fsp3) is 0.500. The Labute approximate surface area is 148 Å². The number of hydrogen-bond donors (Lipinski definition) is 1. The zero-order valence-corrected chi connectivity index (χ0v) is 14.5. The van der Waals surface area contributed by atoms with Crippen molar-refractivity contribution in [3.05, 3.63) is 30.3 Å². The molecule has 1 saturated carbocycles. The zero-order valence-electron chi connectivity index (χ0n) is 14.5. The van der Waals surface area contributed by atoms with Crippen LogP contribution in [0.25, 0.3) is 10.9 Å². The third-order valence-electron chi connectivity index (χ3n) is 5.27. The van der Waals surface area contributed by atoms with E-state index < -0.39 is 0 Å². The van der Waals surface area contributed by atoms with Crippen molar-refractivity contribution in [2.45, 2.75) is 32.1 Å². The predicted molar refractivity (Wildman–Crippen MR) is 100.0 cm³/mol. The minimum atomic E-state index is 0.121. The molecule has 0 bridgehead atoms. The van der Waals surface area contributed by atoms with Crippen LogP contribution in [0.4, 0.5) is 11.5 Å². The van der Waals surface area contributed by atoms with Crippen molar-refractivity contribution in [2.75, 3.05) is 36.5 Å². The molecule has 1 aromatic carbocycles. The molecule has 0 spiro atoms. The maximum Gasteiger partial charge on any atom is 0.228 e. The Balaban J connectivity index is 1.63. The first kappa shape index (κ1) is 16.3. The summed E-state index contributed by atoms with van der Waals surface area (Å²) in [6.45, 7) is 3.20. The first-order valence-electron chi connectivity index (χ1n) is 9.34. The van der Waals surface area contributed by atoms with Crippen LogP contribution in [0.5, 0.6) is 0 Å². The Morgan fingerprint density at radius 3 is 2.68 bits per heavy atom. The molecule has 25 heavy (non-hydrogen) atoms. The van der Waals surface area contributed by atoms with Gasteiger partial charge in [-0.3, -0.25) is 4.79 Å². The number of anilines is 2. The molecule has 1 aliphatic heterocycles. The van der Waals surface area contributed by atoms with E-state index in [4.69, 9.17) is 4.74 Å². The average Bonchev–Trinajstić information content (AvgIpc) is 2.68. The highest BCUT2D eigenvalue weighted by atomic mass is 16.5. The Bertz CT molecular complexity index is 750. The van der Waals surface area contributed by atoms with E-state index in [1.165, 1.54) is 6.42 Å². The number of nitrogens with zero attached hydrogens (tertiary/aromatic N) is 2.